The number of carbonyl (C=O) groups excluding carboxylic acids is 1. The van der Waals surface area contributed by atoms with Crippen molar-refractivity contribution in [2.75, 3.05) is 11.8 Å². The summed E-state index contributed by atoms with van der Waals surface area (Å²) in [5, 5.41) is 3.54. The van der Waals surface area contributed by atoms with Crippen LogP contribution >= 0.6 is 34.8 Å². The number of hydrogen-bond acceptors (Lipinski definition) is 1. The van der Waals surface area contributed by atoms with Crippen molar-refractivity contribution in [1.82, 2.24) is 5.32 Å². The van der Waals surface area contributed by atoms with Gasteiger partial charge in [0.15, 0.2) is 0 Å². The van der Waals surface area contributed by atoms with Gasteiger partial charge in [-0.3, -0.25) is 4.79 Å². The molecule has 0 heterocycles. The van der Waals surface area contributed by atoms with Crippen LogP contribution in [-0.4, -0.2) is 23.2 Å². The summed E-state index contributed by atoms with van der Waals surface area (Å²) in [6, 6.07) is 5.15. The van der Waals surface area contributed by atoms with E-state index in [0.29, 0.717) is 17.0 Å². The fraction of sp³-hybridized carbons (Fsp3) is 0.462. The van der Waals surface area contributed by atoms with Gasteiger partial charge in [0.25, 0.3) is 5.91 Å². The van der Waals surface area contributed by atoms with Crippen LogP contribution in [0.3, 0.4) is 0 Å². The summed E-state index contributed by atoms with van der Waals surface area (Å²) in [6.07, 6.45) is 0.679. The second-order valence-corrected chi connectivity index (χ2v) is 5.26. The Kier molecular flexibility index (Phi) is 5.77. The molecular formula is C13H16Cl3NO. The highest BCUT2D eigenvalue weighted by Crippen LogP contribution is 2.19. The molecule has 0 aliphatic carbocycles. The van der Waals surface area contributed by atoms with Gasteiger partial charge >= 0.3 is 0 Å². The Morgan fingerprint density at radius 3 is 2.39 bits per heavy atom. The van der Waals surface area contributed by atoms with Crippen LogP contribution in [0.5, 0.6) is 0 Å². The van der Waals surface area contributed by atoms with Crippen molar-refractivity contribution in [3.63, 3.8) is 0 Å². The topological polar surface area (TPSA) is 29.1 Å². The first-order chi connectivity index (χ1) is 8.48. The molecule has 0 aliphatic heterocycles. The van der Waals surface area contributed by atoms with E-state index in [1.54, 1.807) is 18.2 Å². The zero-order valence-electron chi connectivity index (χ0n) is 10.4. The maximum absolute atomic E-state index is 12.1. The highest BCUT2D eigenvalue weighted by molar-refractivity contribution is 6.31. The Balaban J connectivity index is 2.90. The van der Waals surface area contributed by atoms with Crippen molar-refractivity contribution < 1.29 is 4.79 Å². The third-order valence-corrected chi connectivity index (χ3v) is 4.43. The van der Waals surface area contributed by atoms with E-state index in [2.05, 4.69) is 5.32 Å². The molecule has 1 N–H and O–H groups in total. The molecule has 1 rings (SSSR count). The Bertz CT molecular complexity index is 422. The van der Waals surface area contributed by atoms with E-state index in [-0.39, 0.29) is 17.7 Å². The fourth-order valence-corrected chi connectivity index (χ4v) is 2.39. The van der Waals surface area contributed by atoms with Crippen LogP contribution in [0, 0.1) is 6.92 Å². The summed E-state index contributed by atoms with van der Waals surface area (Å²) in [4.78, 5) is 12.1. The minimum absolute atomic E-state index is 0.182. The Labute approximate surface area is 123 Å². The van der Waals surface area contributed by atoms with Gasteiger partial charge in [-0.15, -0.1) is 23.2 Å². The molecule has 1 aromatic carbocycles. The van der Waals surface area contributed by atoms with Crippen molar-refractivity contribution in [2.45, 2.75) is 25.8 Å². The number of rotatable bonds is 5. The molecule has 0 atom stereocenters. The van der Waals surface area contributed by atoms with Crippen LogP contribution in [0.4, 0.5) is 0 Å². The van der Waals surface area contributed by atoms with Crippen LogP contribution in [0.1, 0.15) is 29.3 Å². The minimum atomic E-state index is -0.562. The monoisotopic (exact) mass is 307 g/mol. The normalized spacial score (nSPS) is 11.4. The average molecular weight is 309 g/mol. The van der Waals surface area contributed by atoms with Gasteiger partial charge in [0, 0.05) is 22.3 Å². The highest BCUT2D eigenvalue weighted by Gasteiger charge is 2.28. The van der Waals surface area contributed by atoms with Gasteiger partial charge in [0.2, 0.25) is 0 Å². The SMILES string of the molecule is CCC(CCl)(CCl)NC(=O)c1ccc(Cl)c(C)c1. The van der Waals surface area contributed by atoms with Crippen molar-refractivity contribution >= 4 is 40.7 Å². The third kappa shape index (κ3) is 3.53. The molecule has 0 bridgehead atoms. The molecule has 0 spiro atoms. The lowest BCUT2D eigenvalue weighted by Gasteiger charge is -2.29. The van der Waals surface area contributed by atoms with Gasteiger partial charge in [-0.2, -0.15) is 0 Å². The predicted molar refractivity (Wildman–Crippen MR) is 78.1 cm³/mol. The maximum atomic E-state index is 12.1. The molecule has 1 amide bonds. The summed E-state index contributed by atoms with van der Waals surface area (Å²) in [5.74, 6) is 0.384. The van der Waals surface area contributed by atoms with E-state index < -0.39 is 5.54 Å². The standard InChI is InChI=1S/C13H16Cl3NO/c1-3-13(7-14,8-15)17-12(18)10-4-5-11(16)9(2)6-10/h4-6H,3,7-8H2,1-2H3,(H,17,18). The van der Waals surface area contributed by atoms with E-state index >= 15 is 0 Å². The van der Waals surface area contributed by atoms with Gasteiger partial charge in [-0.25, -0.2) is 0 Å². The number of benzene rings is 1. The summed E-state index contributed by atoms with van der Waals surface area (Å²) in [6.45, 7) is 3.80. The maximum Gasteiger partial charge on any atom is 0.251 e. The van der Waals surface area contributed by atoms with Crippen LogP contribution in [0.2, 0.25) is 5.02 Å². The molecule has 2 nitrogen and oxygen atoms in total. The zero-order chi connectivity index (χ0) is 13.8. The lowest BCUT2D eigenvalue weighted by molar-refractivity contribution is 0.0913. The van der Waals surface area contributed by atoms with Crippen LogP contribution in [0.25, 0.3) is 0 Å². The molecule has 0 aliphatic rings. The summed E-state index contributed by atoms with van der Waals surface area (Å²) >= 11 is 17.7. The van der Waals surface area contributed by atoms with Gasteiger partial charge in [-0.05, 0) is 37.1 Å². The summed E-state index contributed by atoms with van der Waals surface area (Å²) in [7, 11) is 0. The molecule has 1 aromatic rings. The fourth-order valence-electron chi connectivity index (χ4n) is 1.48. The molecule has 0 unspecified atom stereocenters. The smallest absolute Gasteiger partial charge is 0.251 e. The number of carbonyl (C=O) groups is 1. The van der Waals surface area contributed by atoms with Gasteiger partial charge in [0.05, 0.1) is 5.54 Å². The lowest BCUT2D eigenvalue weighted by atomic mass is 10.0. The molecule has 0 aromatic heterocycles. The second kappa shape index (κ2) is 6.65. The van der Waals surface area contributed by atoms with Crippen molar-refractivity contribution in [2.24, 2.45) is 0 Å². The number of amides is 1. The van der Waals surface area contributed by atoms with E-state index in [1.165, 1.54) is 0 Å². The van der Waals surface area contributed by atoms with E-state index in [4.69, 9.17) is 34.8 Å². The first-order valence-electron chi connectivity index (χ1n) is 5.68. The number of alkyl halides is 2. The van der Waals surface area contributed by atoms with Gasteiger partial charge in [0.1, 0.15) is 0 Å². The molecule has 100 valence electrons. The Morgan fingerprint density at radius 1 is 1.33 bits per heavy atom. The zero-order valence-corrected chi connectivity index (χ0v) is 12.7. The largest absolute Gasteiger partial charge is 0.344 e. The number of hydrogen-bond donors (Lipinski definition) is 1. The van der Waals surface area contributed by atoms with Crippen molar-refractivity contribution in [3.05, 3.63) is 34.3 Å². The third-order valence-electron chi connectivity index (χ3n) is 2.99. The average Bonchev–Trinajstić information content (AvgIpc) is 2.39. The molecule has 5 heteroatoms. The van der Waals surface area contributed by atoms with Crippen molar-refractivity contribution in [1.29, 1.82) is 0 Å². The highest BCUT2D eigenvalue weighted by atomic mass is 35.5. The van der Waals surface area contributed by atoms with Gasteiger partial charge in [-0.1, -0.05) is 18.5 Å². The van der Waals surface area contributed by atoms with Crippen molar-refractivity contribution in [3.8, 4) is 0 Å². The van der Waals surface area contributed by atoms with Crippen LogP contribution in [0.15, 0.2) is 18.2 Å². The van der Waals surface area contributed by atoms with E-state index in [9.17, 15) is 4.79 Å². The number of aryl methyl sites for hydroxylation is 1. The molecular weight excluding hydrogens is 293 g/mol. The molecule has 0 saturated heterocycles. The molecule has 0 fully saturated rings. The lowest BCUT2D eigenvalue weighted by Crippen LogP contribution is -2.51. The molecule has 0 radical (unpaired) electrons. The minimum Gasteiger partial charge on any atom is -0.344 e. The van der Waals surface area contributed by atoms with Gasteiger partial charge < -0.3 is 5.32 Å². The van der Waals surface area contributed by atoms with E-state index in [1.807, 2.05) is 13.8 Å². The molecule has 0 saturated carbocycles. The first-order valence-corrected chi connectivity index (χ1v) is 7.13. The quantitative estimate of drug-likeness (QED) is 0.818. The number of nitrogens with one attached hydrogen (secondary N) is 1. The Morgan fingerprint density at radius 2 is 1.94 bits per heavy atom. The number of halogens is 3. The van der Waals surface area contributed by atoms with Crippen LogP contribution < -0.4 is 5.32 Å². The first kappa shape index (κ1) is 15.6. The van der Waals surface area contributed by atoms with Crippen LogP contribution in [-0.2, 0) is 0 Å². The predicted octanol–water partition coefficient (Wildman–Crippen LogP) is 4.00. The molecule has 18 heavy (non-hydrogen) atoms. The van der Waals surface area contributed by atoms with E-state index in [0.717, 1.165) is 5.56 Å². The summed E-state index contributed by atoms with van der Waals surface area (Å²) in [5.41, 5.74) is 0.862. The Hall–Kier alpha value is -0.440. The summed E-state index contributed by atoms with van der Waals surface area (Å²) < 4.78 is 0. The second-order valence-electron chi connectivity index (χ2n) is 4.32.